The summed E-state index contributed by atoms with van der Waals surface area (Å²) in [5.41, 5.74) is 2.61. The van der Waals surface area contributed by atoms with E-state index >= 15 is 0 Å². The Morgan fingerprint density at radius 1 is 1.19 bits per heavy atom. The van der Waals surface area contributed by atoms with Crippen molar-refractivity contribution in [3.63, 3.8) is 0 Å². The van der Waals surface area contributed by atoms with Gasteiger partial charge in [-0.2, -0.15) is 4.98 Å². The van der Waals surface area contributed by atoms with Crippen LogP contribution in [0.2, 0.25) is 0 Å². The summed E-state index contributed by atoms with van der Waals surface area (Å²) in [4.78, 5) is 16.4. The van der Waals surface area contributed by atoms with Crippen molar-refractivity contribution in [1.29, 1.82) is 0 Å². The summed E-state index contributed by atoms with van der Waals surface area (Å²) < 4.78 is 23.8. The molecule has 1 amide bonds. The van der Waals surface area contributed by atoms with E-state index < -0.39 is 12.0 Å². The monoisotopic (exact) mass is 355 g/mol. The highest BCUT2D eigenvalue weighted by Gasteiger charge is 2.19. The molecule has 1 atom stereocenters. The fraction of sp³-hybridized carbons (Fsp3) is 0.211. The molecule has 0 aliphatic carbocycles. The van der Waals surface area contributed by atoms with Crippen LogP contribution in [0.1, 0.15) is 18.1 Å². The van der Waals surface area contributed by atoms with Crippen molar-refractivity contribution in [2.24, 2.45) is 0 Å². The number of amides is 1. The third-order valence-corrected chi connectivity index (χ3v) is 3.98. The molecule has 3 rings (SSSR count). The average Bonchev–Trinajstić information content (AvgIpc) is 3.08. The Labute approximate surface area is 150 Å². The Hall–Kier alpha value is -3.22. The molecular weight excluding hydrogens is 337 g/mol. The first kappa shape index (κ1) is 17.6. The minimum atomic E-state index is -0.747. The van der Waals surface area contributed by atoms with Crippen LogP contribution in [-0.4, -0.2) is 22.2 Å². The molecule has 26 heavy (non-hydrogen) atoms. The maximum Gasteiger partial charge on any atom is 0.270 e. The standard InChI is InChI=1S/C19H18FN3O3/c1-11-5-4-6-16(12(11)2)25-13(3)17(24)21-19-22-18(26-23-19)14-7-9-15(20)10-8-14/h4-10,13H,1-3H3,(H,21,23,24). The number of carbonyl (C=O) groups is 1. The average molecular weight is 355 g/mol. The van der Waals surface area contributed by atoms with Crippen LogP contribution >= 0.6 is 0 Å². The molecule has 1 aromatic heterocycles. The van der Waals surface area contributed by atoms with E-state index in [0.717, 1.165) is 11.1 Å². The first-order valence-corrected chi connectivity index (χ1v) is 8.07. The van der Waals surface area contributed by atoms with E-state index in [9.17, 15) is 9.18 Å². The zero-order valence-corrected chi connectivity index (χ0v) is 14.6. The van der Waals surface area contributed by atoms with Gasteiger partial charge in [-0.25, -0.2) is 4.39 Å². The zero-order chi connectivity index (χ0) is 18.7. The molecule has 6 nitrogen and oxygen atoms in total. The Morgan fingerprint density at radius 2 is 1.92 bits per heavy atom. The van der Waals surface area contributed by atoms with E-state index in [-0.39, 0.29) is 17.7 Å². The molecular formula is C19H18FN3O3. The van der Waals surface area contributed by atoms with Gasteiger partial charge in [0, 0.05) is 5.56 Å². The van der Waals surface area contributed by atoms with Crippen molar-refractivity contribution >= 4 is 11.9 Å². The van der Waals surface area contributed by atoms with Crippen LogP contribution in [0.25, 0.3) is 11.5 Å². The van der Waals surface area contributed by atoms with Gasteiger partial charge in [0.1, 0.15) is 11.6 Å². The van der Waals surface area contributed by atoms with Gasteiger partial charge in [0.05, 0.1) is 0 Å². The van der Waals surface area contributed by atoms with E-state index in [1.165, 1.54) is 24.3 Å². The van der Waals surface area contributed by atoms with Gasteiger partial charge >= 0.3 is 0 Å². The van der Waals surface area contributed by atoms with Gasteiger partial charge < -0.3 is 9.26 Å². The van der Waals surface area contributed by atoms with Gasteiger partial charge in [0.2, 0.25) is 0 Å². The summed E-state index contributed by atoms with van der Waals surface area (Å²) in [6, 6.07) is 11.3. The number of nitrogens with one attached hydrogen (secondary N) is 1. The van der Waals surface area contributed by atoms with Crippen molar-refractivity contribution in [3.05, 3.63) is 59.4 Å². The zero-order valence-electron chi connectivity index (χ0n) is 14.6. The number of nitrogens with zero attached hydrogens (tertiary/aromatic N) is 2. The summed E-state index contributed by atoms with van der Waals surface area (Å²) in [5.74, 6) is 0.0819. The van der Waals surface area contributed by atoms with Crippen LogP contribution in [-0.2, 0) is 4.79 Å². The van der Waals surface area contributed by atoms with E-state index in [0.29, 0.717) is 11.3 Å². The molecule has 0 saturated heterocycles. The van der Waals surface area contributed by atoms with Gasteiger partial charge in [-0.3, -0.25) is 10.1 Å². The molecule has 0 aliphatic rings. The topological polar surface area (TPSA) is 77.2 Å². The molecule has 0 aliphatic heterocycles. The van der Waals surface area contributed by atoms with Gasteiger partial charge in [-0.1, -0.05) is 12.1 Å². The highest BCUT2D eigenvalue weighted by Crippen LogP contribution is 2.22. The van der Waals surface area contributed by atoms with Crippen molar-refractivity contribution in [1.82, 2.24) is 10.1 Å². The molecule has 7 heteroatoms. The number of rotatable bonds is 5. The summed E-state index contributed by atoms with van der Waals surface area (Å²) in [6.45, 7) is 5.55. The molecule has 0 fully saturated rings. The first-order chi connectivity index (χ1) is 12.4. The number of hydrogen-bond acceptors (Lipinski definition) is 5. The van der Waals surface area contributed by atoms with Crippen molar-refractivity contribution in [3.8, 4) is 17.2 Å². The third kappa shape index (κ3) is 3.88. The summed E-state index contributed by atoms with van der Waals surface area (Å²) >= 11 is 0. The van der Waals surface area contributed by atoms with E-state index in [4.69, 9.17) is 9.26 Å². The number of halogens is 1. The number of benzene rings is 2. The lowest BCUT2D eigenvalue weighted by atomic mass is 10.1. The summed E-state index contributed by atoms with van der Waals surface area (Å²) in [7, 11) is 0. The van der Waals surface area contributed by atoms with Gasteiger partial charge in [-0.15, -0.1) is 0 Å². The highest BCUT2D eigenvalue weighted by molar-refractivity contribution is 5.92. The quantitative estimate of drug-likeness (QED) is 0.751. The molecule has 0 bridgehead atoms. The van der Waals surface area contributed by atoms with Crippen LogP contribution < -0.4 is 10.1 Å². The second kappa shape index (κ2) is 7.35. The largest absolute Gasteiger partial charge is 0.481 e. The second-order valence-corrected chi connectivity index (χ2v) is 5.88. The molecule has 0 saturated carbocycles. The SMILES string of the molecule is Cc1cccc(OC(C)C(=O)Nc2noc(-c3ccc(F)cc3)n2)c1C. The van der Waals surface area contributed by atoms with Crippen molar-refractivity contribution in [2.75, 3.05) is 5.32 Å². The second-order valence-electron chi connectivity index (χ2n) is 5.88. The molecule has 1 N–H and O–H groups in total. The van der Waals surface area contributed by atoms with E-state index in [1.54, 1.807) is 6.92 Å². The third-order valence-electron chi connectivity index (χ3n) is 3.98. The van der Waals surface area contributed by atoms with Crippen LogP contribution in [0, 0.1) is 19.7 Å². The molecule has 2 aromatic carbocycles. The van der Waals surface area contributed by atoms with E-state index in [1.807, 2.05) is 32.0 Å². The van der Waals surface area contributed by atoms with E-state index in [2.05, 4.69) is 15.5 Å². The fourth-order valence-corrected chi connectivity index (χ4v) is 2.29. The fourth-order valence-electron chi connectivity index (χ4n) is 2.29. The summed E-state index contributed by atoms with van der Waals surface area (Å²) in [5, 5.41) is 6.25. The molecule has 0 spiro atoms. The minimum absolute atomic E-state index is 0.0192. The Bertz CT molecular complexity index is 922. The number of hydrogen-bond donors (Lipinski definition) is 1. The smallest absolute Gasteiger partial charge is 0.270 e. The predicted molar refractivity (Wildman–Crippen MR) is 94.3 cm³/mol. The van der Waals surface area contributed by atoms with Gasteiger partial charge in [0.25, 0.3) is 17.7 Å². The van der Waals surface area contributed by atoms with Crippen LogP contribution in [0.3, 0.4) is 0 Å². The van der Waals surface area contributed by atoms with Crippen LogP contribution in [0.4, 0.5) is 10.3 Å². The van der Waals surface area contributed by atoms with Crippen molar-refractivity contribution < 1.29 is 18.4 Å². The lowest BCUT2D eigenvalue weighted by Gasteiger charge is -2.16. The molecule has 3 aromatic rings. The Kier molecular flexibility index (Phi) is 4.97. The maximum absolute atomic E-state index is 13.0. The summed E-state index contributed by atoms with van der Waals surface area (Å²) in [6.07, 6.45) is -0.747. The highest BCUT2D eigenvalue weighted by atomic mass is 19.1. The number of anilines is 1. The molecule has 1 heterocycles. The van der Waals surface area contributed by atoms with Gasteiger partial charge in [-0.05, 0) is 67.4 Å². The lowest BCUT2D eigenvalue weighted by Crippen LogP contribution is -2.30. The number of aryl methyl sites for hydroxylation is 1. The predicted octanol–water partition coefficient (Wildman–Crippen LogP) is 3.90. The van der Waals surface area contributed by atoms with Crippen molar-refractivity contribution in [2.45, 2.75) is 26.9 Å². The van der Waals surface area contributed by atoms with Crippen LogP contribution in [0.5, 0.6) is 5.75 Å². The Morgan fingerprint density at radius 3 is 2.65 bits per heavy atom. The number of aromatic nitrogens is 2. The molecule has 134 valence electrons. The Balaban J connectivity index is 1.66. The normalized spacial score (nSPS) is 11.8. The molecule has 1 unspecified atom stereocenters. The first-order valence-electron chi connectivity index (χ1n) is 8.07. The lowest BCUT2D eigenvalue weighted by molar-refractivity contribution is -0.122. The molecule has 0 radical (unpaired) electrons. The minimum Gasteiger partial charge on any atom is -0.481 e. The maximum atomic E-state index is 13.0. The van der Waals surface area contributed by atoms with Crippen LogP contribution in [0.15, 0.2) is 47.0 Å². The van der Waals surface area contributed by atoms with Gasteiger partial charge in [0.15, 0.2) is 6.10 Å². The number of carbonyl (C=O) groups excluding carboxylic acids is 1. The number of ether oxygens (including phenoxy) is 1.